The molecule has 1 aliphatic heterocycles. The van der Waals surface area contributed by atoms with Crippen molar-refractivity contribution in [2.45, 2.75) is 37.2 Å². The summed E-state index contributed by atoms with van der Waals surface area (Å²) in [5.74, 6) is 0.778. The quantitative estimate of drug-likeness (QED) is 0.925. The molecule has 2 fully saturated rings. The molecule has 4 heteroatoms. The minimum atomic E-state index is -0.589. The van der Waals surface area contributed by atoms with Gasteiger partial charge >= 0.3 is 0 Å². The van der Waals surface area contributed by atoms with Gasteiger partial charge < -0.3 is 10.0 Å². The van der Waals surface area contributed by atoms with Crippen LogP contribution in [-0.4, -0.2) is 40.7 Å². The van der Waals surface area contributed by atoms with Crippen molar-refractivity contribution < 1.29 is 5.11 Å². The van der Waals surface area contributed by atoms with Crippen molar-refractivity contribution in [3.05, 3.63) is 29.0 Å². The zero-order chi connectivity index (χ0) is 13.5. The molecule has 0 bridgehead atoms. The van der Waals surface area contributed by atoms with Gasteiger partial charge in [-0.05, 0) is 50.8 Å². The molecule has 1 unspecified atom stereocenters. The molecule has 19 heavy (non-hydrogen) atoms. The Bertz CT molecular complexity index is 436. The molecule has 2 aliphatic rings. The van der Waals surface area contributed by atoms with E-state index in [0.717, 1.165) is 31.6 Å². The lowest BCUT2D eigenvalue weighted by atomic mass is 9.75. The number of hydrogen-bond acceptors (Lipinski definition) is 3. The van der Waals surface area contributed by atoms with Gasteiger partial charge in [-0.3, -0.25) is 4.98 Å². The average molecular weight is 281 g/mol. The molecular formula is C15H21ClN2O. The number of aromatic nitrogens is 1. The molecule has 3 nitrogen and oxygen atoms in total. The van der Waals surface area contributed by atoms with Crippen LogP contribution in [0.5, 0.6) is 0 Å². The van der Waals surface area contributed by atoms with E-state index in [4.69, 9.17) is 11.6 Å². The minimum absolute atomic E-state index is 0.179. The molecule has 1 saturated heterocycles. The van der Waals surface area contributed by atoms with Gasteiger partial charge in [0.1, 0.15) is 0 Å². The summed E-state index contributed by atoms with van der Waals surface area (Å²) in [6, 6.07) is 3.87. The highest BCUT2D eigenvalue weighted by atomic mass is 35.5. The second-order valence-electron chi connectivity index (χ2n) is 6.12. The van der Waals surface area contributed by atoms with Gasteiger partial charge in [0, 0.05) is 30.9 Å². The number of aliphatic hydroxyl groups is 1. The Labute approximate surface area is 119 Å². The first-order valence-corrected chi connectivity index (χ1v) is 7.49. The van der Waals surface area contributed by atoms with Crippen LogP contribution in [-0.2, 0) is 0 Å². The molecule has 3 rings (SSSR count). The lowest BCUT2D eigenvalue weighted by Crippen LogP contribution is -2.47. The number of rotatable bonds is 3. The second-order valence-corrected chi connectivity index (χ2v) is 6.56. The monoisotopic (exact) mass is 280 g/mol. The van der Waals surface area contributed by atoms with Gasteiger partial charge in [0.2, 0.25) is 0 Å². The third kappa shape index (κ3) is 2.78. The van der Waals surface area contributed by atoms with Crippen molar-refractivity contribution in [3.8, 4) is 0 Å². The molecular weight excluding hydrogens is 260 g/mol. The molecule has 1 N–H and O–H groups in total. The van der Waals surface area contributed by atoms with E-state index >= 15 is 0 Å². The topological polar surface area (TPSA) is 36.4 Å². The Hall–Kier alpha value is -0.640. The maximum Gasteiger partial charge on any atom is 0.0758 e. The third-order valence-corrected chi connectivity index (χ3v) is 4.82. The highest BCUT2D eigenvalue weighted by molar-refractivity contribution is 6.30. The molecule has 0 radical (unpaired) electrons. The fraction of sp³-hybridized carbons (Fsp3) is 0.667. The van der Waals surface area contributed by atoms with Gasteiger partial charge in [-0.15, -0.1) is 0 Å². The van der Waals surface area contributed by atoms with Gasteiger partial charge in [-0.2, -0.15) is 0 Å². The first-order valence-electron chi connectivity index (χ1n) is 7.11. The highest BCUT2D eigenvalue weighted by Crippen LogP contribution is 2.50. The van der Waals surface area contributed by atoms with E-state index in [9.17, 15) is 5.11 Å². The predicted molar refractivity (Wildman–Crippen MR) is 76.4 cm³/mol. The Morgan fingerprint density at radius 3 is 2.58 bits per heavy atom. The van der Waals surface area contributed by atoms with Gasteiger partial charge in [0.05, 0.1) is 10.6 Å². The van der Waals surface area contributed by atoms with Crippen LogP contribution in [0.1, 0.15) is 37.3 Å². The molecule has 1 atom stereocenters. The number of halogens is 1. The SMILES string of the molecule is CN1CCC(O)(C(c2ccc(Cl)cn2)C2CC2)CC1. The standard InChI is InChI=1S/C15H21ClN2O/c1-18-8-6-15(19,7-9-18)14(11-2-3-11)13-5-4-12(16)10-17-13/h4-5,10-11,14,19H,2-3,6-9H2,1H3. The summed E-state index contributed by atoms with van der Waals surface area (Å²) in [7, 11) is 2.12. The van der Waals surface area contributed by atoms with Gasteiger partial charge in [0.15, 0.2) is 0 Å². The smallest absolute Gasteiger partial charge is 0.0758 e. The number of likely N-dealkylation sites (tertiary alicyclic amines) is 1. The minimum Gasteiger partial charge on any atom is -0.389 e. The van der Waals surface area contributed by atoms with Crippen LogP contribution in [0.3, 0.4) is 0 Å². The molecule has 0 amide bonds. The summed E-state index contributed by atoms with van der Waals surface area (Å²) in [6.07, 6.45) is 5.81. The van der Waals surface area contributed by atoms with Crippen LogP contribution in [0, 0.1) is 5.92 Å². The van der Waals surface area contributed by atoms with Gasteiger partial charge in [-0.1, -0.05) is 11.6 Å². The first kappa shape index (κ1) is 13.3. The van der Waals surface area contributed by atoms with Crippen molar-refractivity contribution >= 4 is 11.6 Å². The van der Waals surface area contributed by atoms with Crippen LogP contribution in [0.4, 0.5) is 0 Å². The number of pyridine rings is 1. The van der Waals surface area contributed by atoms with E-state index in [1.54, 1.807) is 6.20 Å². The molecule has 1 aromatic heterocycles. The van der Waals surface area contributed by atoms with E-state index in [2.05, 4.69) is 16.9 Å². The summed E-state index contributed by atoms with van der Waals surface area (Å²) in [4.78, 5) is 6.76. The van der Waals surface area contributed by atoms with Crippen LogP contribution in [0.2, 0.25) is 5.02 Å². The van der Waals surface area contributed by atoms with Crippen LogP contribution in [0.15, 0.2) is 18.3 Å². The zero-order valence-electron chi connectivity index (χ0n) is 11.3. The maximum absolute atomic E-state index is 11.1. The van der Waals surface area contributed by atoms with E-state index in [0.29, 0.717) is 10.9 Å². The van der Waals surface area contributed by atoms with Gasteiger partial charge in [-0.25, -0.2) is 0 Å². The molecule has 104 valence electrons. The molecule has 1 aromatic rings. The Morgan fingerprint density at radius 1 is 1.37 bits per heavy atom. The second kappa shape index (κ2) is 5.04. The van der Waals surface area contributed by atoms with Crippen molar-refractivity contribution in [1.82, 2.24) is 9.88 Å². The van der Waals surface area contributed by atoms with Crippen LogP contribution < -0.4 is 0 Å². The number of nitrogens with zero attached hydrogens (tertiary/aromatic N) is 2. The summed E-state index contributed by atoms with van der Waals surface area (Å²) in [5, 5.41) is 11.7. The summed E-state index contributed by atoms with van der Waals surface area (Å²) in [5.41, 5.74) is 0.424. The van der Waals surface area contributed by atoms with E-state index in [1.807, 2.05) is 12.1 Å². The fourth-order valence-electron chi connectivity index (χ4n) is 3.27. The van der Waals surface area contributed by atoms with Crippen molar-refractivity contribution in [2.75, 3.05) is 20.1 Å². The van der Waals surface area contributed by atoms with E-state index < -0.39 is 5.60 Å². The van der Waals surface area contributed by atoms with E-state index in [-0.39, 0.29) is 5.92 Å². The summed E-state index contributed by atoms with van der Waals surface area (Å²) < 4.78 is 0. The van der Waals surface area contributed by atoms with Crippen molar-refractivity contribution in [2.24, 2.45) is 5.92 Å². The number of piperidine rings is 1. The lowest BCUT2D eigenvalue weighted by molar-refractivity contribution is -0.0450. The summed E-state index contributed by atoms with van der Waals surface area (Å²) >= 11 is 5.92. The normalized spacial score (nSPS) is 25.2. The van der Waals surface area contributed by atoms with E-state index in [1.165, 1.54) is 12.8 Å². The van der Waals surface area contributed by atoms with Crippen LogP contribution >= 0.6 is 11.6 Å². The highest BCUT2D eigenvalue weighted by Gasteiger charge is 2.48. The van der Waals surface area contributed by atoms with Crippen LogP contribution in [0.25, 0.3) is 0 Å². The molecule has 2 heterocycles. The largest absolute Gasteiger partial charge is 0.389 e. The average Bonchev–Trinajstić information content (AvgIpc) is 3.21. The Kier molecular flexibility index (Phi) is 3.54. The molecule has 0 aromatic carbocycles. The molecule has 0 spiro atoms. The lowest BCUT2D eigenvalue weighted by Gasteiger charge is -2.42. The maximum atomic E-state index is 11.1. The molecule has 1 saturated carbocycles. The van der Waals surface area contributed by atoms with Crippen molar-refractivity contribution in [1.29, 1.82) is 0 Å². The fourth-order valence-corrected chi connectivity index (χ4v) is 3.38. The first-order chi connectivity index (χ1) is 9.08. The Balaban J connectivity index is 1.86. The van der Waals surface area contributed by atoms with Gasteiger partial charge in [0.25, 0.3) is 0 Å². The van der Waals surface area contributed by atoms with Crippen molar-refractivity contribution in [3.63, 3.8) is 0 Å². The zero-order valence-corrected chi connectivity index (χ0v) is 12.1. The number of hydrogen-bond donors (Lipinski definition) is 1. The summed E-state index contributed by atoms with van der Waals surface area (Å²) in [6.45, 7) is 1.93. The molecule has 1 aliphatic carbocycles. The third-order valence-electron chi connectivity index (χ3n) is 4.59. The Morgan fingerprint density at radius 2 is 2.05 bits per heavy atom. The predicted octanol–water partition coefficient (Wildman–Crippen LogP) is 2.69.